The number of hydrogen-bond acceptors (Lipinski definition) is 6. The highest BCUT2D eigenvalue weighted by Gasteiger charge is 2.24. The number of aromatic carboxylic acids is 1. The van der Waals surface area contributed by atoms with Gasteiger partial charge in [0.1, 0.15) is 5.69 Å². The molecule has 9 nitrogen and oxygen atoms in total. The first kappa shape index (κ1) is 22.9. The van der Waals surface area contributed by atoms with Gasteiger partial charge in [0.25, 0.3) is 0 Å². The second kappa shape index (κ2) is 10.0. The van der Waals surface area contributed by atoms with Crippen molar-refractivity contribution in [2.45, 2.75) is 49.2 Å². The number of carboxylic acids is 1. The summed E-state index contributed by atoms with van der Waals surface area (Å²) in [5.74, 6) is -0.953. The van der Waals surface area contributed by atoms with E-state index < -0.39 is 16.0 Å². The summed E-state index contributed by atoms with van der Waals surface area (Å²) in [6.07, 6.45) is 6.60. The molecule has 2 aromatic heterocycles. The predicted octanol–water partition coefficient (Wildman–Crippen LogP) is 1.95. The number of rotatable bonds is 5. The second-order valence-electron chi connectivity index (χ2n) is 7.53. The smallest absolute Gasteiger partial charge is 0.352 e. The largest absolute Gasteiger partial charge is 0.477 e. The van der Waals surface area contributed by atoms with Crippen molar-refractivity contribution in [2.75, 3.05) is 0 Å². The molecular weight excluding hydrogens is 418 g/mol. The summed E-state index contributed by atoms with van der Waals surface area (Å²) in [5.41, 5.74) is 13.2. The van der Waals surface area contributed by atoms with Gasteiger partial charge in [-0.15, -0.1) is 0 Å². The van der Waals surface area contributed by atoms with Crippen LogP contribution in [0, 0.1) is 0 Å². The summed E-state index contributed by atoms with van der Waals surface area (Å²) < 4.78 is 27.2. The number of nitrogens with two attached hydrogens (primary N) is 2. The average Bonchev–Trinajstić information content (AvgIpc) is 3.21. The number of nitrogens with zero attached hydrogens (tertiary/aromatic N) is 1. The van der Waals surface area contributed by atoms with E-state index in [2.05, 4.69) is 14.7 Å². The molecule has 4 rings (SSSR count). The molecule has 3 aromatic rings. The summed E-state index contributed by atoms with van der Waals surface area (Å²) in [6.45, 7) is 0.411. The first-order valence-corrected chi connectivity index (χ1v) is 11.5. The highest BCUT2D eigenvalue weighted by molar-refractivity contribution is 7.89. The number of carbonyl (C=O) groups is 1. The molecule has 31 heavy (non-hydrogen) atoms. The van der Waals surface area contributed by atoms with Gasteiger partial charge < -0.3 is 21.6 Å². The lowest BCUT2D eigenvalue weighted by atomic mass is 9.93. The molecule has 0 aliphatic heterocycles. The maximum Gasteiger partial charge on any atom is 0.352 e. The molecule has 2 heterocycles. The van der Waals surface area contributed by atoms with Crippen molar-refractivity contribution < 1.29 is 18.3 Å². The third-order valence-electron chi connectivity index (χ3n) is 5.21. The van der Waals surface area contributed by atoms with Crippen molar-refractivity contribution in [3.63, 3.8) is 0 Å². The number of sulfonamides is 1. The third kappa shape index (κ3) is 6.11. The van der Waals surface area contributed by atoms with E-state index in [1.807, 2.05) is 0 Å². The van der Waals surface area contributed by atoms with E-state index >= 15 is 0 Å². The first-order valence-electron chi connectivity index (χ1n) is 10.0. The normalized spacial score (nSPS) is 18.9. The van der Waals surface area contributed by atoms with Crippen LogP contribution in [0.1, 0.15) is 41.7 Å². The molecule has 0 amide bonds. The lowest BCUT2D eigenvalue weighted by Gasteiger charge is -2.26. The molecule has 10 heteroatoms. The summed E-state index contributed by atoms with van der Waals surface area (Å²) >= 11 is 0. The van der Waals surface area contributed by atoms with Gasteiger partial charge in [-0.3, -0.25) is 4.98 Å². The molecule has 1 aliphatic carbocycles. The van der Waals surface area contributed by atoms with Crippen molar-refractivity contribution in [2.24, 2.45) is 11.5 Å². The number of nitrogens with one attached hydrogen (secondary N) is 2. The summed E-state index contributed by atoms with van der Waals surface area (Å²) in [7, 11) is -3.43. The second-order valence-corrected chi connectivity index (χ2v) is 9.25. The zero-order valence-electron chi connectivity index (χ0n) is 17.0. The number of benzene rings is 1. The number of pyridine rings is 1. The minimum atomic E-state index is -3.43. The van der Waals surface area contributed by atoms with Gasteiger partial charge >= 0.3 is 5.97 Å². The van der Waals surface area contributed by atoms with Crippen molar-refractivity contribution in [1.82, 2.24) is 14.7 Å². The van der Waals surface area contributed by atoms with E-state index in [4.69, 9.17) is 16.6 Å². The maximum absolute atomic E-state index is 12.2. The van der Waals surface area contributed by atoms with E-state index in [1.165, 1.54) is 0 Å². The highest BCUT2D eigenvalue weighted by Crippen LogP contribution is 2.20. The lowest BCUT2D eigenvalue weighted by molar-refractivity contribution is 0.0691. The number of aromatic amines is 1. The molecule has 1 fully saturated rings. The van der Waals surface area contributed by atoms with Crippen LogP contribution < -0.4 is 16.2 Å². The Morgan fingerprint density at radius 2 is 1.84 bits per heavy atom. The van der Waals surface area contributed by atoms with E-state index in [0.29, 0.717) is 11.4 Å². The fraction of sp³-hybridized carbons (Fsp3) is 0.333. The van der Waals surface area contributed by atoms with E-state index in [-0.39, 0.29) is 17.8 Å². The Morgan fingerprint density at radius 3 is 2.42 bits per heavy atom. The Kier molecular flexibility index (Phi) is 7.39. The average molecular weight is 446 g/mol. The van der Waals surface area contributed by atoms with Gasteiger partial charge in [0, 0.05) is 41.9 Å². The van der Waals surface area contributed by atoms with Crippen molar-refractivity contribution in [3.05, 3.63) is 60.0 Å². The SMILES string of the molecule is NCc1ccc(S(=O)(=O)NC2CCC(N)CC2)cc1.O=C(O)c1cc2cnccc2[nH]1. The fourth-order valence-corrected chi connectivity index (χ4v) is 4.72. The topological polar surface area (TPSA) is 164 Å². The molecular formula is C21H27N5O4S. The molecule has 1 saturated carbocycles. The molecule has 0 spiro atoms. The monoisotopic (exact) mass is 445 g/mol. The van der Waals surface area contributed by atoms with Crippen LogP contribution in [0.25, 0.3) is 10.9 Å². The molecule has 7 N–H and O–H groups in total. The van der Waals surface area contributed by atoms with Crippen molar-refractivity contribution >= 4 is 26.9 Å². The minimum Gasteiger partial charge on any atom is -0.477 e. The van der Waals surface area contributed by atoms with Crippen LogP contribution in [0.3, 0.4) is 0 Å². The van der Waals surface area contributed by atoms with Gasteiger partial charge in [-0.1, -0.05) is 12.1 Å². The number of aromatic nitrogens is 2. The van der Waals surface area contributed by atoms with Gasteiger partial charge in [0.2, 0.25) is 10.0 Å². The Morgan fingerprint density at radius 1 is 1.16 bits per heavy atom. The molecule has 0 unspecified atom stereocenters. The molecule has 166 valence electrons. The summed E-state index contributed by atoms with van der Waals surface area (Å²) in [4.78, 5) is 17.4. The Balaban J connectivity index is 0.000000194. The Bertz CT molecular complexity index is 1090. The van der Waals surface area contributed by atoms with Gasteiger partial charge in [-0.25, -0.2) is 17.9 Å². The molecule has 1 aliphatic rings. The number of carboxylic acid groups (broad SMARTS) is 1. The Hall–Kier alpha value is -2.79. The van der Waals surface area contributed by atoms with Gasteiger partial charge in [-0.2, -0.15) is 0 Å². The predicted molar refractivity (Wildman–Crippen MR) is 118 cm³/mol. The molecule has 0 bridgehead atoms. The lowest BCUT2D eigenvalue weighted by Crippen LogP contribution is -2.40. The van der Waals surface area contributed by atoms with Gasteiger partial charge in [-0.05, 0) is 55.5 Å². The van der Waals surface area contributed by atoms with Crippen LogP contribution in [0.5, 0.6) is 0 Å². The third-order valence-corrected chi connectivity index (χ3v) is 6.75. The van der Waals surface area contributed by atoms with Crippen molar-refractivity contribution in [1.29, 1.82) is 0 Å². The Labute approximate surface area is 180 Å². The van der Waals surface area contributed by atoms with Crippen LogP contribution in [-0.2, 0) is 16.6 Å². The van der Waals surface area contributed by atoms with Gasteiger partial charge in [0.05, 0.1) is 4.90 Å². The van der Waals surface area contributed by atoms with Crippen molar-refractivity contribution in [3.8, 4) is 0 Å². The van der Waals surface area contributed by atoms with Crippen LogP contribution >= 0.6 is 0 Å². The summed E-state index contributed by atoms with van der Waals surface area (Å²) in [6, 6.07) is 10.2. The molecule has 1 aromatic carbocycles. The molecule has 0 radical (unpaired) electrons. The minimum absolute atomic E-state index is 0.000940. The number of hydrogen-bond donors (Lipinski definition) is 5. The first-order chi connectivity index (χ1) is 14.8. The van der Waals surface area contributed by atoms with Crippen LogP contribution in [-0.4, -0.2) is 41.5 Å². The van der Waals surface area contributed by atoms with E-state index in [9.17, 15) is 13.2 Å². The molecule has 0 atom stereocenters. The fourth-order valence-electron chi connectivity index (χ4n) is 3.42. The van der Waals surface area contributed by atoms with Crippen LogP contribution in [0.15, 0.2) is 53.7 Å². The highest BCUT2D eigenvalue weighted by atomic mass is 32.2. The number of fused-ring (bicyclic) bond motifs is 1. The zero-order chi connectivity index (χ0) is 22.4. The van der Waals surface area contributed by atoms with E-state index in [1.54, 1.807) is 48.8 Å². The number of H-pyrrole nitrogens is 1. The van der Waals surface area contributed by atoms with E-state index in [0.717, 1.165) is 42.1 Å². The van der Waals surface area contributed by atoms with Crippen LogP contribution in [0.4, 0.5) is 0 Å². The summed E-state index contributed by atoms with van der Waals surface area (Å²) in [5, 5.41) is 9.45. The maximum atomic E-state index is 12.2. The quantitative estimate of drug-likeness (QED) is 0.400. The van der Waals surface area contributed by atoms with Gasteiger partial charge in [0.15, 0.2) is 0 Å². The standard InChI is InChI=1S/C13H21N3O2S.C8H6N2O2/c14-9-10-1-7-13(8-2-10)19(17,18)16-12-5-3-11(15)4-6-12;11-8(12)7-3-5-4-9-2-1-6(5)10-7/h1-2,7-8,11-12,16H,3-6,9,14-15H2;1-4,10H,(H,11,12). The zero-order valence-corrected chi connectivity index (χ0v) is 17.8. The molecule has 0 saturated heterocycles. The van der Waals surface area contributed by atoms with Crippen LogP contribution in [0.2, 0.25) is 0 Å².